The maximum Gasteiger partial charge on any atom is 0.311 e. The second-order valence-corrected chi connectivity index (χ2v) is 6.47. The molecule has 2 atom stereocenters. The number of hydrogen-bond acceptors (Lipinski definition) is 5. The zero-order valence-electron chi connectivity index (χ0n) is 13.4. The van der Waals surface area contributed by atoms with Crippen LogP contribution < -0.4 is 4.74 Å². The Labute approximate surface area is 146 Å². The van der Waals surface area contributed by atoms with Gasteiger partial charge in [0.15, 0.2) is 0 Å². The number of nitrogens with zero attached hydrogens (tertiary/aromatic N) is 2. The molecule has 3 rings (SSSR count). The van der Waals surface area contributed by atoms with Crippen LogP contribution >= 0.6 is 12.4 Å². The maximum atomic E-state index is 11.7. The van der Waals surface area contributed by atoms with Gasteiger partial charge in [0, 0.05) is 37.3 Å². The fourth-order valence-corrected chi connectivity index (χ4v) is 4.11. The summed E-state index contributed by atoms with van der Waals surface area (Å²) in [5, 5.41) is 20.6. The predicted octanol–water partition coefficient (Wildman–Crippen LogP) is 2.71. The number of fused-ring (bicyclic) bond motifs is 1. The zero-order valence-corrected chi connectivity index (χ0v) is 14.3. The van der Waals surface area contributed by atoms with Gasteiger partial charge in [0.05, 0.1) is 17.4 Å². The van der Waals surface area contributed by atoms with Crippen molar-refractivity contribution in [3.63, 3.8) is 0 Å². The third-order valence-electron chi connectivity index (χ3n) is 5.24. The van der Waals surface area contributed by atoms with Crippen molar-refractivity contribution in [2.45, 2.75) is 25.8 Å². The topological polar surface area (TPSA) is 92.9 Å². The monoisotopic (exact) mass is 356 g/mol. The lowest BCUT2D eigenvalue weighted by Crippen LogP contribution is -2.35. The van der Waals surface area contributed by atoms with Crippen molar-refractivity contribution >= 4 is 24.1 Å². The average Bonchev–Trinajstić information content (AvgIpc) is 3.04. The van der Waals surface area contributed by atoms with Gasteiger partial charge in [-0.15, -0.1) is 12.4 Å². The van der Waals surface area contributed by atoms with E-state index in [9.17, 15) is 20.0 Å². The highest BCUT2D eigenvalue weighted by atomic mass is 35.5. The molecule has 2 aliphatic rings. The molecule has 1 aromatic carbocycles. The van der Waals surface area contributed by atoms with Gasteiger partial charge < -0.3 is 9.84 Å². The molecule has 1 saturated carbocycles. The summed E-state index contributed by atoms with van der Waals surface area (Å²) >= 11 is 0. The van der Waals surface area contributed by atoms with Crippen molar-refractivity contribution in [3.8, 4) is 5.75 Å². The van der Waals surface area contributed by atoms with Crippen LogP contribution in [0, 0.1) is 21.4 Å². The summed E-state index contributed by atoms with van der Waals surface area (Å²) in [5.74, 6) is 0.0511. The van der Waals surface area contributed by atoms with Crippen LogP contribution in [0.4, 0.5) is 5.69 Å². The van der Waals surface area contributed by atoms with Gasteiger partial charge in [-0.05, 0) is 24.8 Å². The van der Waals surface area contributed by atoms with E-state index in [1.807, 2.05) is 0 Å². The molecule has 0 bridgehead atoms. The highest BCUT2D eigenvalue weighted by Crippen LogP contribution is 2.49. The Kier molecular flexibility index (Phi) is 5.35. The van der Waals surface area contributed by atoms with E-state index in [0.29, 0.717) is 18.8 Å². The van der Waals surface area contributed by atoms with Gasteiger partial charge in [-0.2, -0.15) is 0 Å². The van der Waals surface area contributed by atoms with Gasteiger partial charge in [0.1, 0.15) is 5.75 Å². The number of carbonyl (C=O) groups is 1. The summed E-state index contributed by atoms with van der Waals surface area (Å²) in [6.45, 7) is 1.69. The molecule has 24 heavy (non-hydrogen) atoms. The van der Waals surface area contributed by atoms with Gasteiger partial charge in [-0.3, -0.25) is 19.8 Å². The zero-order chi connectivity index (χ0) is 16.6. The number of hydrogen-bond donors (Lipinski definition) is 1. The molecule has 0 aromatic heterocycles. The van der Waals surface area contributed by atoms with Crippen molar-refractivity contribution in [1.82, 2.24) is 4.90 Å². The van der Waals surface area contributed by atoms with Crippen molar-refractivity contribution < 1.29 is 19.6 Å². The molecule has 8 heteroatoms. The quantitative estimate of drug-likeness (QED) is 0.644. The van der Waals surface area contributed by atoms with Crippen molar-refractivity contribution in [1.29, 1.82) is 0 Å². The summed E-state index contributed by atoms with van der Waals surface area (Å²) in [6, 6.07) is 4.53. The second kappa shape index (κ2) is 6.94. The molecule has 0 unspecified atom stereocenters. The molecule has 0 amide bonds. The lowest BCUT2D eigenvalue weighted by atomic mass is 9.81. The molecule has 1 saturated heterocycles. The third-order valence-corrected chi connectivity index (χ3v) is 5.24. The van der Waals surface area contributed by atoms with Crippen LogP contribution in [0.25, 0.3) is 0 Å². The number of benzene rings is 1. The number of nitro groups is 1. The number of non-ortho nitro benzene ring substituents is 1. The number of aliphatic carboxylic acids is 1. The van der Waals surface area contributed by atoms with Gasteiger partial charge in [0.25, 0.3) is 5.69 Å². The molecular formula is C16H21ClN2O5. The highest BCUT2D eigenvalue weighted by molar-refractivity contribution is 5.85. The molecule has 1 aliphatic carbocycles. The van der Waals surface area contributed by atoms with Gasteiger partial charge in [-0.1, -0.05) is 6.42 Å². The van der Waals surface area contributed by atoms with E-state index in [0.717, 1.165) is 31.4 Å². The van der Waals surface area contributed by atoms with Gasteiger partial charge in [0.2, 0.25) is 0 Å². The minimum absolute atomic E-state index is 0. The number of ether oxygens (including phenoxy) is 1. The molecule has 132 valence electrons. The number of rotatable bonds is 5. The van der Waals surface area contributed by atoms with E-state index < -0.39 is 16.3 Å². The number of nitro benzene ring substituents is 1. The van der Waals surface area contributed by atoms with Crippen LogP contribution in [0.15, 0.2) is 18.2 Å². The average molecular weight is 357 g/mol. The minimum atomic E-state index is -0.714. The molecule has 1 heterocycles. The molecular weight excluding hydrogens is 336 g/mol. The minimum Gasteiger partial charge on any atom is -0.496 e. The standard InChI is InChI=1S/C16H20N2O5.ClH/c1-23-14-5-4-13(18(21)22)7-11(14)8-17-9-12-3-2-6-16(12,10-17)15(19)20;/h4-5,7,12H,2-3,6,8-10H2,1H3,(H,19,20);1H/t12-,16+;/m0./s1. The summed E-state index contributed by atoms with van der Waals surface area (Å²) < 4.78 is 5.29. The van der Waals surface area contributed by atoms with Crippen molar-refractivity contribution in [3.05, 3.63) is 33.9 Å². The van der Waals surface area contributed by atoms with Crippen LogP contribution in [0.1, 0.15) is 24.8 Å². The maximum absolute atomic E-state index is 11.7. The second-order valence-electron chi connectivity index (χ2n) is 6.47. The van der Waals surface area contributed by atoms with Crippen molar-refractivity contribution in [2.24, 2.45) is 11.3 Å². The molecule has 0 spiro atoms. The molecule has 1 N–H and O–H groups in total. The van der Waals surface area contributed by atoms with Crippen LogP contribution in [-0.4, -0.2) is 41.1 Å². The number of likely N-dealkylation sites (tertiary alicyclic amines) is 1. The lowest BCUT2D eigenvalue weighted by molar-refractivity contribution is -0.385. The number of halogens is 1. The van der Waals surface area contributed by atoms with Gasteiger partial charge >= 0.3 is 5.97 Å². The largest absolute Gasteiger partial charge is 0.496 e. The first kappa shape index (κ1) is 18.5. The van der Waals surface area contributed by atoms with E-state index >= 15 is 0 Å². The molecule has 1 aliphatic heterocycles. The normalized spacial score (nSPS) is 25.8. The smallest absolute Gasteiger partial charge is 0.311 e. The fraction of sp³-hybridized carbons (Fsp3) is 0.562. The molecule has 1 aromatic rings. The first-order chi connectivity index (χ1) is 11.0. The Morgan fingerprint density at radius 1 is 1.54 bits per heavy atom. The summed E-state index contributed by atoms with van der Waals surface area (Å²) in [7, 11) is 1.53. The van der Waals surface area contributed by atoms with Crippen LogP contribution in [-0.2, 0) is 11.3 Å². The Hall–Kier alpha value is -1.86. The first-order valence-corrected chi connectivity index (χ1v) is 7.73. The Morgan fingerprint density at radius 3 is 2.88 bits per heavy atom. The molecule has 7 nitrogen and oxygen atoms in total. The molecule has 0 radical (unpaired) electrons. The van der Waals surface area contributed by atoms with E-state index in [2.05, 4.69) is 4.90 Å². The summed E-state index contributed by atoms with van der Waals surface area (Å²) in [5.41, 5.74) is 0.101. The van der Waals surface area contributed by atoms with Crippen molar-refractivity contribution in [2.75, 3.05) is 20.2 Å². The first-order valence-electron chi connectivity index (χ1n) is 7.73. The summed E-state index contributed by atoms with van der Waals surface area (Å²) in [4.78, 5) is 24.3. The Morgan fingerprint density at radius 2 is 2.29 bits per heavy atom. The number of carboxylic acid groups (broad SMARTS) is 1. The van der Waals surface area contributed by atoms with Crippen LogP contribution in [0.5, 0.6) is 5.75 Å². The number of carboxylic acids is 1. The van der Waals surface area contributed by atoms with Crippen LogP contribution in [0.2, 0.25) is 0 Å². The predicted molar refractivity (Wildman–Crippen MR) is 89.6 cm³/mol. The van der Waals surface area contributed by atoms with E-state index in [4.69, 9.17) is 4.74 Å². The highest BCUT2D eigenvalue weighted by Gasteiger charge is 2.54. The Bertz CT molecular complexity index is 653. The van der Waals surface area contributed by atoms with E-state index in [1.54, 1.807) is 6.07 Å². The Balaban J connectivity index is 0.00000208. The SMILES string of the molecule is COc1ccc([N+](=O)[O-])cc1CN1C[C@@H]2CCC[C@@]2(C(=O)O)C1.Cl. The van der Waals surface area contributed by atoms with Gasteiger partial charge in [-0.25, -0.2) is 0 Å². The lowest BCUT2D eigenvalue weighted by Gasteiger charge is -2.23. The number of methoxy groups -OCH3 is 1. The third kappa shape index (κ3) is 3.06. The fourth-order valence-electron chi connectivity index (χ4n) is 4.11. The summed E-state index contributed by atoms with van der Waals surface area (Å²) in [6.07, 6.45) is 2.62. The molecule has 2 fully saturated rings. The van der Waals surface area contributed by atoms with Crippen LogP contribution in [0.3, 0.4) is 0 Å². The van der Waals surface area contributed by atoms with E-state index in [1.165, 1.54) is 19.2 Å². The van der Waals surface area contributed by atoms with E-state index in [-0.39, 0.29) is 24.0 Å².